The Bertz CT molecular complexity index is 1050. The molecule has 1 aliphatic heterocycles. The van der Waals surface area contributed by atoms with Crippen LogP contribution in [0.25, 0.3) is 0 Å². The Morgan fingerprint density at radius 1 is 1.24 bits per heavy atom. The number of esters is 1. The van der Waals surface area contributed by atoms with Crippen LogP contribution in [-0.2, 0) is 23.9 Å². The number of hydrogen-bond acceptors (Lipinski definition) is 7. The number of amides is 1. The number of carbonyl (C=O) groups excluding carboxylic acids is 4. The summed E-state index contributed by atoms with van der Waals surface area (Å²) in [6.07, 6.45) is 8.91. The third-order valence-corrected chi connectivity index (χ3v) is 10.5. The first-order valence-corrected chi connectivity index (χ1v) is 13.0. The molecule has 5 unspecified atom stereocenters. The van der Waals surface area contributed by atoms with Gasteiger partial charge in [0.1, 0.15) is 5.60 Å². The molecule has 0 radical (unpaired) electrons. The molecule has 4 aliphatic carbocycles. The van der Waals surface area contributed by atoms with E-state index < -0.39 is 17.0 Å². The van der Waals surface area contributed by atoms with Gasteiger partial charge in [0.2, 0.25) is 5.12 Å². The summed E-state index contributed by atoms with van der Waals surface area (Å²) in [7, 11) is 3.21. The lowest BCUT2D eigenvalue weighted by atomic mass is 9.47. The van der Waals surface area contributed by atoms with Crippen LogP contribution in [0, 0.1) is 22.7 Å². The monoisotopic (exact) mass is 487 g/mol. The topological polar surface area (TPSA) is 93.3 Å². The molecule has 184 valence electrons. The highest BCUT2D eigenvalue weighted by atomic mass is 32.2. The molecule has 1 heterocycles. The van der Waals surface area contributed by atoms with Crippen molar-refractivity contribution in [3.8, 4) is 0 Å². The largest absolute Gasteiger partial charge is 0.449 e. The summed E-state index contributed by atoms with van der Waals surface area (Å²) in [4.78, 5) is 52.3. The van der Waals surface area contributed by atoms with Crippen molar-refractivity contribution in [2.45, 2.75) is 76.6 Å². The molecule has 3 fully saturated rings. The number of fused-ring (bicyclic) bond motifs is 3. The fourth-order valence-electron chi connectivity index (χ4n) is 7.61. The molecule has 5 aliphatic rings. The fourth-order valence-corrected chi connectivity index (χ4v) is 8.49. The van der Waals surface area contributed by atoms with Crippen LogP contribution in [-0.4, -0.2) is 58.4 Å². The molecule has 0 bridgehead atoms. The van der Waals surface area contributed by atoms with Crippen molar-refractivity contribution in [2.75, 3.05) is 14.1 Å². The Hall–Kier alpha value is -1.93. The van der Waals surface area contributed by atoms with Gasteiger partial charge in [-0.2, -0.15) is 0 Å². The van der Waals surface area contributed by atoms with Gasteiger partial charge in [0, 0.05) is 49.5 Å². The number of nitrogens with zero attached hydrogens (tertiary/aromatic N) is 1. The third-order valence-electron chi connectivity index (χ3n) is 9.47. The zero-order valence-corrected chi connectivity index (χ0v) is 21.3. The predicted octanol–water partition coefficient (Wildman–Crippen LogP) is 4.06. The van der Waals surface area contributed by atoms with Crippen LogP contribution in [0.3, 0.4) is 0 Å². The molecule has 0 N–H and O–H groups in total. The SMILES string of the molecule is CCC(=O)OC1(C(=O)SC(=O)N(C)C)CCC2C3CC=C4CC(=O)C=CC4(C)[C@@]34O[C@H]4CC21C. The van der Waals surface area contributed by atoms with E-state index in [1.54, 1.807) is 27.1 Å². The van der Waals surface area contributed by atoms with Crippen LogP contribution in [0.15, 0.2) is 23.8 Å². The third kappa shape index (κ3) is 2.87. The van der Waals surface area contributed by atoms with Crippen molar-refractivity contribution in [2.24, 2.45) is 22.7 Å². The minimum Gasteiger partial charge on any atom is -0.449 e. The summed E-state index contributed by atoms with van der Waals surface area (Å²) in [5, 5.41) is -0.751. The number of thioether (sulfide) groups is 1. The summed E-state index contributed by atoms with van der Waals surface area (Å²) in [6, 6.07) is 0. The maximum atomic E-state index is 13.7. The summed E-state index contributed by atoms with van der Waals surface area (Å²) in [5.41, 5.74) is -1.60. The Morgan fingerprint density at radius 3 is 2.65 bits per heavy atom. The average Bonchev–Trinajstić information content (AvgIpc) is 3.43. The van der Waals surface area contributed by atoms with Crippen molar-refractivity contribution in [1.29, 1.82) is 0 Å². The van der Waals surface area contributed by atoms with E-state index in [1.807, 2.05) is 6.08 Å². The van der Waals surface area contributed by atoms with Crippen molar-refractivity contribution in [3.63, 3.8) is 0 Å². The smallest absolute Gasteiger partial charge is 0.306 e. The van der Waals surface area contributed by atoms with E-state index in [-0.39, 0.29) is 51.5 Å². The van der Waals surface area contributed by atoms with Crippen LogP contribution >= 0.6 is 11.8 Å². The summed E-state index contributed by atoms with van der Waals surface area (Å²) < 4.78 is 12.6. The van der Waals surface area contributed by atoms with Crippen LogP contribution in [0.4, 0.5) is 4.79 Å². The number of ether oxygens (including phenoxy) is 2. The highest BCUT2D eigenvalue weighted by molar-refractivity contribution is 8.26. The highest BCUT2D eigenvalue weighted by Crippen LogP contribution is 2.76. The normalized spacial score (nSPS) is 43.6. The minimum absolute atomic E-state index is 0.0922. The van der Waals surface area contributed by atoms with E-state index in [0.29, 0.717) is 31.0 Å². The molecule has 0 aromatic heterocycles. The second kappa shape index (κ2) is 7.53. The molecule has 2 saturated carbocycles. The van der Waals surface area contributed by atoms with Crippen molar-refractivity contribution in [3.05, 3.63) is 23.8 Å². The Balaban J connectivity index is 1.55. The second-order valence-electron chi connectivity index (χ2n) is 11.1. The van der Waals surface area contributed by atoms with E-state index in [4.69, 9.17) is 9.47 Å². The second-order valence-corrected chi connectivity index (χ2v) is 12.0. The number of ketones is 1. The molecule has 5 rings (SSSR count). The van der Waals surface area contributed by atoms with Gasteiger partial charge in [0.05, 0.1) is 6.10 Å². The number of hydrogen-bond donors (Lipinski definition) is 0. The van der Waals surface area contributed by atoms with Crippen molar-refractivity contribution in [1.82, 2.24) is 4.90 Å². The fraction of sp³-hybridized carbons (Fsp3) is 0.692. The summed E-state index contributed by atoms with van der Waals surface area (Å²) >= 11 is 0.640. The van der Waals surface area contributed by atoms with E-state index in [1.165, 1.54) is 4.90 Å². The van der Waals surface area contributed by atoms with E-state index in [2.05, 4.69) is 19.9 Å². The molecule has 34 heavy (non-hydrogen) atoms. The first kappa shape index (κ1) is 23.8. The van der Waals surface area contributed by atoms with E-state index in [9.17, 15) is 19.2 Å². The first-order chi connectivity index (χ1) is 15.9. The van der Waals surface area contributed by atoms with Gasteiger partial charge in [-0.05, 0) is 50.5 Å². The van der Waals surface area contributed by atoms with Gasteiger partial charge >= 0.3 is 5.97 Å². The lowest BCUT2D eigenvalue weighted by molar-refractivity contribution is -0.181. The van der Waals surface area contributed by atoms with Crippen LogP contribution in [0.5, 0.6) is 0 Å². The molecule has 0 aromatic rings. The average molecular weight is 488 g/mol. The molecular weight excluding hydrogens is 454 g/mol. The Morgan fingerprint density at radius 2 is 1.97 bits per heavy atom. The van der Waals surface area contributed by atoms with Crippen molar-refractivity contribution < 1.29 is 28.7 Å². The van der Waals surface area contributed by atoms with Gasteiger partial charge in [-0.15, -0.1) is 0 Å². The van der Waals surface area contributed by atoms with Gasteiger partial charge in [-0.3, -0.25) is 19.2 Å². The van der Waals surface area contributed by atoms with E-state index >= 15 is 0 Å². The molecule has 1 amide bonds. The molecular formula is C26H33NO6S. The van der Waals surface area contributed by atoms with Gasteiger partial charge < -0.3 is 14.4 Å². The van der Waals surface area contributed by atoms with Gasteiger partial charge in [0.15, 0.2) is 11.4 Å². The van der Waals surface area contributed by atoms with Crippen molar-refractivity contribution >= 4 is 33.9 Å². The molecule has 1 saturated heterocycles. The molecule has 7 atom stereocenters. The molecule has 8 heteroatoms. The maximum absolute atomic E-state index is 13.7. The van der Waals surface area contributed by atoms with Gasteiger partial charge in [-0.1, -0.05) is 31.6 Å². The van der Waals surface area contributed by atoms with E-state index in [0.717, 1.165) is 18.4 Å². The predicted molar refractivity (Wildman–Crippen MR) is 127 cm³/mol. The Labute approximate surface area is 204 Å². The van der Waals surface area contributed by atoms with Crippen LogP contribution in [0.1, 0.15) is 59.3 Å². The molecule has 0 aromatic carbocycles. The summed E-state index contributed by atoms with van der Waals surface area (Å²) in [5.74, 6) is -0.0628. The van der Waals surface area contributed by atoms with Gasteiger partial charge in [0.25, 0.3) is 5.24 Å². The number of epoxide rings is 1. The number of allylic oxidation sites excluding steroid dienone is 2. The first-order valence-electron chi connectivity index (χ1n) is 12.2. The Kier molecular flexibility index (Phi) is 5.27. The van der Waals surface area contributed by atoms with Crippen LogP contribution in [0.2, 0.25) is 0 Å². The number of rotatable bonds is 3. The maximum Gasteiger partial charge on any atom is 0.306 e. The molecule has 7 nitrogen and oxygen atoms in total. The minimum atomic E-state index is -1.36. The quantitative estimate of drug-likeness (QED) is 0.337. The van der Waals surface area contributed by atoms with Crippen LogP contribution < -0.4 is 0 Å². The molecule has 1 spiro atoms. The number of carbonyl (C=O) groups is 4. The zero-order valence-electron chi connectivity index (χ0n) is 20.5. The zero-order chi connectivity index (χ0) is 24.7. The lowest BCUT2D eigenvalue weighted by Gasteiger charge is -2.55. The lowest BCUT2D eigenvalue weighted by Crippen LogP contribution is -2.61. The standard InChI is InChI=1S/C26H33NO6S/c1-6-20(29)33-25(21(30)34-22(31)27(4)5)12-10-17-18-8-7-15-13-16(28)9-11-23(15,2)26(18)19(32-26)14-24(17,25)3/h7,9,11,17-19H,6,8,10,12-14H2,1-5H3/t17?,18?,19-,23?,24?,25?,26+/m0/s1. The van der Waals surface area contributed by atoms with Gasteiger partial charge in [-0.25, -0.2) is 0 Å². The highest BCUT2D eigenvalue weighted by Gasteiger charge is 2.81. The summed E-state index contributed by atoms with van der Waals surface area (Å²) in [6.45, 7) is 5.94.